The lowest BCUT2D eigenvalue weighted by atomic mass is 9.98. The number of benzene rings is 1. The van der Waals surface area contributed by atoms with Crippen LogP contribution in [0, 0.1) is 5.92 Å². The normalized spacial score (nSPS) is 16.0. The maximum atomic E-state index is 12.0. The molecule has 0 spiro atoms. The molecule has 0 radical (unpaired) electrons. The molecule has 0 aliphatic carbocycles. The fourth-order valence-electron chi connectivity index (χ4n) is 1.59. The van der Waals surface area contributed by atoms with Crippen molar-refractivity contribution in [3.8, 4) is 0 Å². The van der Waals surface area contributed by atoms with Crippen molar-refractivity contribution in [1.29, 1.82) is 0 Å². The van der Waals surface area contributed by atoms with Gasteiger partial charge in [-0.1, -0.05) is 37.3 Å². The van der Waals surface area contributed by atoms with E-state index in [0.29, 0.717) is 12.5 Å². The molecular weight excluding hydrogens is 212 g/mol. The monoisotopic (exact) mass is 234 g/mol. The Hall–Kier alpha value is -1.35. The van der Waals surface area contributed by atoms with E-state index < -0.39 is 0 Å². The third-order valence-electron chi connectivity index (χ3n) is 3.29. The zero-order valence-electron chi connectivity index (χ0n) is 10.8. The predicted molar refractivity (Wildman–Crippen MR) is 70.7 cm³/mol. The summed E-state index contributed by atoms with van der Waals surface area (Å²) in [4.78, 5) is 12.0. The molecule has 3 N–H and O–H groups in total. The molecule has 1 aromatic rings. The van der Waals surface area contributed by atoms with E-state index in [1.54, 1.807) is 0 Å². The Morgan fingerprint density at radius 1 is 1.24 bits per heavy atom. The van der Waals surface area contributed by atoms with E-state index in [1.165, 1.54) is 0 Å². The summed E-state index contributed by atoms with van der Waals surface area (Å²) < 4.78 is 0. The molecule has 0 aliphatic rings. The summed E-state index contributed by atoms with van der Waals surface area (Å²) in [7, 11) is 0. The van der Waals surface area contributed by atoms with E-state index in [2.05, 4.69) is 5.32 Å². The predicted octanol–water partition coefficient (Wildman–Crippen LogP) is 1.89. The summed E-state index contributed by atoms with van der Waals surface area (Å²) in [5.74, 6) is 0.231. The SMILES string of the molecule is CC(C(=O)NC(C)C(C)CN)c1ccccc1. The lowest BCUT2D eigenvalue weighted by Gasteiger charge is -2.22. The van der Waals surface area contributed by atoms with Gasteiger partial charge in [-0.05, 0) is 31.9 Å². The van der Waals surface area contributed by atoms with Gasteiger partial charge in [-0.2, -0.15) is 0 Å². The van der Waals surface area contributed by atoms with E-state index in [4.69, 9.17) is 5.73 Å². The van der Waals surface area contributed by atoms with E-state index in [0.717, 1.165) is 5.56 Å². The fourth-order valence-corrected chi connectivity index (χ4v) is 1.59. The average molecular weight is 234 g/mol. The Balaban J connectivity index is 2.59. The van der Waals surface area contributed by atoms with Crippen LogP contribution in [0.5, 0.6) is 0 Å². The first-order valence-corrected chi connectivity index (χ1v) is 6.11. The Morgan fingerprint density at radius 2 is 1.82 bits per heavy atom. The van der Waals surface area contributed by atoms with Crippen molar-refractivity contribution >= 4 is 5.91 Å². The van der Waals surface area contributed by atoms with Crippen molar-refractivity contribution in [2.24, 2.45) is 11.7 Å². The maximum Gasteiger partial charge on any atom is 0.227 e. The Bertz CT molecular complexity index is 350. The molecule has 0 saturated carbocycles. The van der Waals surface area contributed by atoms with Crippen LogP contribution in [0.25, 0.3) is 0 Å². The number of carbonyl (C=O) groups is 1. The van der Waals surface area contributed by atoms with Gasteiger partial charge in [-0.25, -0.2) is 0 Å². The van der Waals surface area contributed by atoms with Crippen LogP contribution in [0.2, 0.25) is 0 Å². The summed E-state index contributed by atoms with van der Waals surface area (Å²) >= 11 is 0. The lowest BCUT2D eigenvalue weighted by molar-refractivity contribution is -0.123. The van der Waals surface area contributed by atoms with E-state index in [-0.39, 0.29) is 17.9 Å². The number of rotatable bonds is 5. The zero-order chi connectivity index (χ0) is 12.8. The molecule has 0 aromatic heterocycles. The molecule has 3 unspecified atom stereocenters. The average Bonchev–Trinajstić information content (AvgIpc) is 2.37. The van der Waals surface area contributed by atoms with Crippen LogP contribution in [-0.4, -0.2) is 18.5 Å². The van der Waals surface area contributed by atoms with Gasteiger partial charge in [0, 0.05) is 6.04 Å². The molecule has 0 fully saturated rings. The highest BCUT2D eigenvalue weighted by molar-refractivity contribution is 5.83. The second-order valence-electron chi connectivity index (χ2n) is 4.64. The highest BCUT2D eigenvalue weighted by Crippen LogP contribution is 2.15. The van der Waals surface area contributed by atoms with E-state index in [1.807, 2.05) is 51.1 Å². The molecule has 0 aliphatic heterocycles. The summed E-state index contributed by atoms with van der Waals surface area (Å²) in [6.07, 6.45) is 0. The molecule has 3 atom stereocenters. The van der Waals surface area contributed by atoms with Crippen molar-refractivity contribution in [3.63, 3.8) is 0 Å². The molecule has 1 rings (SSSR count). The highest BCUT2D eigenvalue weighted by atomic mass is 16.1. The van der Waals surface area contributed by atoms with Gasteiger partial charge in [0.25, 0.3) is 0 Å². The third-order valence-corrected chi connectivity index (χ3v) is 3.29. The number of carbonyl (C=O) groups excluding carboxylic acids is 1. The van der Waals surface area contributed by atoms with Crippen molar-refractivity contribution < 1.29 is 4.79 Å². The second-order valence-corrected chi connectivity index (χ2v) is 4.64. The van der Waals surface area contributed by atoms with E-state index >= 15 is 0 Å². The van der Waals surface area contributed by atoms with E-state index in [9.17, 15) is 4.79 Å². The first kappa shape index (κ1) is 13.7. The standard InChI is InChI=1S/C14H22N2O/c1-10(9-15)12(3)16-14(17)11(2)13-7-5-4-6-8-13/h4-8,10-12H,9,15H2,1-3H3,(H,16,17). The van der Waals surface area contributed by atoms with Crippen molar-refractivity contribution in [1.82, 2.24) is 5.32 Å². The van der Waals surface area contributed by atoms with Crippen molar-refractivity contribution in [3.05, 3.63) is 35.9 Å². The van der Waals surface area contributed by atoms with Gasteiger partial charge in [-0.3, -0.25) is 4.79 Å². The smallest absolute Gasteiger partial charge is 0.227 e. The van der Waals surface area contributed by atoms with Crippen LogP contribution in [0.4, 0.5) is 0 Å². The second kappa shape index (κ2) is 6.40. The molecule has 3 nitrogen and oxygen atoms in total. The Morgan fingerprint density at radius 3 is 2.35 bits per heavy atom. The molecule has 17 heavy (non-hydrogen) atoms. The molecule has 3 heteroatoms. The number of nitrogens with two attached hydrogens (primary N) is 1. The van der Waals surface area contributed by atoms with Crippen LogP contribution in [-0.2, 0) is 4.79 Å². The summed E-state index contributed by atoms with van der Waals surface area (Å²) in [5.41, 5.74) is 6.62. The van der Waals surface area contributed by atoms with Crippen LogP contribution >= 0.6 is 0 Å². The number of amides is 1. The van der Waals surface area contributed by atoms with Crippen LogP contribution in [0.15, 0.2) is 30.3 Å². The summed E-state index contributed by atoms with van der Waals surface area (Å²) in [6.45, 7) is 6.54. The summed E-state index contributed by atoms with van der Waals surface area (Å²) in [6, 6.07) is 9.91. The van der Waals surface area contributed by atoms with Gasteiger partial charge in [0.15, 0.2) is 0 Å². The molecule has 0 saturated heterocycles. The topological polar surface area (TPSA) is 55.1 Å². The van der Waals surface area contributed by atoms with Gasteiger partial charge in [-0.15, -0.1) is 0 Å². The third kappa shape index (κ3) is 3.86. The molecule has 0 bridgehead atoms. The number of hydrogen-bond acceptors (Lipinski definition) is 2. The van der Waals surface area contributed by atoms with Crippen molar-refractivity contribution in [2.75, 3.05) is 6.54 Å². The van der Waals surface area contributed by atoms with Gasteiger partial charge >= 0.3 is 0 Å². The largest absolute Gasteiger partial charge is 0.353 e. The molecule has 0 heterocycles. The maximum absolute atomic E-state index is 12.0. The van der Waals surface area contributed by atoms with Gasteiger partial charge in [0.2, 0.25) is 5.91 Å². The van der Waals surface area contributed by atoms with Gasteiger partial charge in [0.1, 0.15) is 0 Å². The minimum Gasteiger partial charge on any atom is -0.353 e. The number of hydrogen-bond donors (Lipinski definition) is 2. The summed E-state index contributed by atoms with van der Waals surface area (Å²) in [5, 5.41) is 3.01. The Kier molecular flexibility index (Phi) is 5.16. The minimum absolute atomic E-state index is 0.0593. The van der Waals surface area contributed by atoms with Crippen LogP contribution in [0.3, 0.4) is 0 Å². The lowest BCUT2D eigenvalue weighted by Crippen LogP contribution is -2.41. The molecule has 94 valence electrons. The first-order chi connectivity index (χ1) is 8.06. The van der Waals surface area contributed by atoms with Gasteiger partial charge < -0.3 is 11.1 Å². The molecular formula is C14H22N2O. The van der Waals surface area contributed by atoms with Gasteiger partial charge in [0.05, 0.1) is 5.92 Å². The van der Waals surface area contributed by atoms with Crippen LogP contribution < -0.4 is 11.1 Å². The quantitative estimate of drug-likeness (QED) is 0.817. The first-order valence-electron chi connectivity index (χ1n) is 6.11. The number of nitrogens with one attached hydrogen (secondary N) is 1. The zero-order valence-corrected chi connectivity index (χ0v) is 10.8. The van der Waals surface area contributed by atoms with Crippen LogP contribution in [0.1, 0.15) is 32.3 Å². The highest BCUT2D eigenvalue weighted by Gasteiger charge is 2.19. The molecule has 1 amide bonds. The fraction of sp³-hybridized carbons (Fsp3) is 0.500. The Labute approximate surface area is 103 Å². The van der Waals surface area contributed by atoms with Crippen molar-refractivity contribution in [2.45, 2.75) is 32.7 Å². The molecule has 1 aromatic carbocycles. The minimum atomic E-state index is -0.122.